The lowest BCUT2D eigenvalue weighted by atomic mass is 9.93. The van der Waals surface area contributed by atoms with Crippen LogP contribution in [-0.2, 0) is 0 Å². The predicted molar refractivity (Wildman–Crippen MR) is 233 cm³/mol. The van der Waals surface area contributed by atoms with E-state index in [0.29, 0.717) is 5.82 Å². The highest BCUT2D eigenvalue weighted by atomic mass is 16.3. The Bertz CT molecular complexity index is 3280. The Morgan fingerprint density at radius 1 is 0.351 bits per heavy atom. The lowest BCUT2D eigenvalue weighted by Crippen LogP contribution is -1.97. The molecule has 266 valence electrons. The Morgan fingerprint density at radius 3 is 1.79 bits per heavy atom. The molecular weight excluding hydrogens is 697 g/mol. The van der Waals surface area contributed by atoms with Gasteiger partial charge in [0.25, 0.3) is 0 Å². The van der Waals surface area contributed by atoms with Crippen LogP contribution in [0.25, 0.3) is 111 Å². The first kappa shape index (κ1) is 32.7. The van der Waals surface area contributed by atoms with Crippen LogP contribution in [0.4, 0.5) is 0 Å². The fraction of sp³-hybridized carbons (Fsp3) is 0. The van der Waals surface area contributed by atoms with Gasteiger partial charge in [-0.15, -0.1) is 0 Å². The van der Waals surface area contributed by atoms with Gasteiger partial charge in [0.1, 0.15) is 11.2 Å². The number of benzene rings is 7. The number of nitrogens with zero attached hydrogens (tertiary/aromatic N) is 4. The minimum absolute atomic E-state index is 0.661. The fourth-order valence-corrected chi connectivity index (χ4v) is 7.86. The van der Waals surface area contributed by atoms with E-state index < -0.39 is 0 Å². The van der Waals surface area contributed by atoms with Gasteiger partial charge in [-0.25, -0.2) is 15.0 Å². The zero-order valence-corrected chi connectivity index (χ0v) is 30.7. The molecule has 5 heteroatoms. The normalized spacial score (nSPS) is 11.5. The second-order valence-corrected chi connectivity index (χ2v) is 14.3. The van der Waals surface area contributed by atoms with E-state index in [-0.39, 0.29) is 0 Å². The molecule has 7 aromatic carbocycles. The van der Waals surface area contributed by atoms with Gasteiger partial charge in [0, 0.05) is 55.6 Å². The average Bonchev–Trinajstić information content (AvgIpc) is 3.68. The summed E-state index contributed by atoms with van der Waals surface area (Å²) in [5.41, 5.74) is 14.3. The molecule has 0 unspecified atom stereocenters. The molecule has 0 saturated carbocycles. The molecule has 4 aromatic heterocycles. The summed E-state index contributed by atoms with van der Waals surface area (Å²) in [6.45, 7) is 0. The molecule has 0 aliphatic rings. The van der Waals surface area contributed by atoms with E-state index in [1.165, 1.54) is 0 Å². The molecule has 5 nitrogen and oxygen atoms in total. The van der Waals surface area contributed by atoms with Gasteiger partial charge in [0.2, 0.25) is 0 Å². The lowest BCUT2D eigenvalue weighted by molar-refractivity contribution is 0.670. The topological polar surface area (TPSA) is 64.7 Å². The fourth-order valence-electron chi connectivity index (χ4n) is 7.86. The van der Waals surface area contributed by atoms with E-state index >= 15 is 0 Å². The highest BCUT2D eigenvalue weighted by molar-refractivity contribution is 6.10. The Kier molecular flexibility index (Phi) is 7.74. The molecule has 0 saturated heterocycles. The third-order valence-electron chi connectivity index (χ3n) is 10.7. The van der Waals surface area contributed by atoms with Crippen molar-refractivity contribution in [1.29, 1.82) is 0 Å². The standard InChI is InChI=1S/C52H32N4O/c1-3-11-33(12-4-1)39-29-40(42-17-9-18-44-43-16-7-8-19-48(43)57-51(42)44)31-41(30-39)47-32-46(55-52(56-47)38-13-5-2-6-14-38)35-22-20-34(21-23-35)45-27-26-37-25-24-36-15-10-28-53-49(36)50(37)54-45/h1-32H. The van der Waals surface area contributed by atoms with E-state index in [1.54, 1.807) is 0 Å². The first-order chi connectivity index (χ1) is 28.2. The van der Waals surface area contributed by atoms with Gasteiger partial charge in [-0.2, -0.15) is 0 Å². The minimum atomic E-state index is 0.661. The van der Waals surface area contributed by atoms with Gasteiger partial charge in [-0.05, 0) is 59.2 Å². The SMILES string of the molecule is c1ccc(-c2cc(-c3cc(-c4ccc(-c5ccc6ccc7cccnc7c6n5)cc4)nc(-c4ccccc4)n3)cc(-c3cccc4c3oc3ccccc34)c2)cc1. The molecule has 11 aromatic rings. The summed E-state index contributed by atoms with van der Waals surface area (Å²) >= 11 is 0. The van der Waals surface area contributed by atoms with Crippen LogP contribution in [-0.4, -0.2) is 19.9 Å². The molecule has 0 N–H and O–H groups in total. The van der Waals surface area contributed by atoms with Crippen molar-refractivity contribution in [3.05, 3.63) is 194 Å². The van der Waals surface area contributed by atoms with Crippen molar-refractivity contribution in [2.24, 2.45) is 0 Å². The zero-order chi connectivity index (χ0) is 37.7. The first-order valence-corrected chi connectivity index (χ1v) is 19.0. The zero-order valence-electron chi connectivity index (χ0n) is 30.7. The molecule has 0 aliphatic heterocycles. The quantitative estimate of drug-likeness (QED) is 0.160. The van der Waals surface area contributed by atoms with Gasteiger partial charge in [0.05, 0.1) is 28.1 Å². The lowest BCUT2D eigenvalue weighted by Gasteiger charge is -2.13. The van der Waals surface area contributed by atoms with Crippen LogP contribution in [0.1, 0.15) is 0 Å². The van der Waals surface area contributed by atoms with Crippen LogP contribution in [0.3, 0.4) is 0 Å². The molecule has 0 bridgehead atoms. The monoisotopic (exact) mass is 728 g/mol. The third kappa shape index (κ3) is 5.90. The van der Waals surface area contributed by atoms with E-state index in [9.17, 15) is 0 Å². The third-order valence-corrected chi connectivity index (χ3v) is 10.7. The molecule has 0 atom stereocenters. The highest BCUT2D eigenvalue weighted by Crippen LogP contribution is 2.40. The van der Waals surface area contributed by atoms with E-state index in [1.807, 2.05) is 48.7 Å². The maximum absolute atomic E-state index is 6.53. The second kappa shape index (κ2) is 13.5. The molecule has 0 spiro atoms. The van der Waals surface area contributed by atoms with Crippen molar-refractivity contribution >= 4 is 43.7 Å². The van der Waals surface area contributed by atoms with Crippen molar-refractivity contribution in [3.8, 4) is 67.4 Å². The molecule has 4 heterocycles. The van der Waals surface area contributed by atoms with Gasteiger partial charge < -0.3 is 4.42 Å². The number of rotatable bonds is 6. The van der Waals surface area contributed by atoms with Gasteiger partial charge in [-0.3, -0.25) is 4.98 Å². The van der Waals surface area contributed by atoms with Crippen molar-refractivity contribution in [2.75, 3.05) is 0 Å². The van der Waals surface area contributed by atoms with E-state index in [0.717, 1.165) is 105 Å². The van der Waals surface area contributed by atoms with Crippen molar-refractivity contribution in [3.63, 3.8) is 0 Å². The molecule has 0 aliphatic carbocycles. The first-order valence-electron chi connectivity index (χ1n) is 19.0. The van der Waals surface area contributed by atoms with E-state index in [4.69, 9.17) is 19.4 Å². The summed E-state index contributed by atoms with van der Waals surface area (Å²) in [7, 11) is 0. The highest BCUT2D eigenvalue weighted by Gasteiger charge is 2.17. The largest absolute Gasteiger partial charge is 0.455 e. The molecule has 0 radical (unpaired) electrons. The van der Waals surface area contributed by atoms with Gasteiger partial charge >= 0.3 is 0 Å². The van der Waals surface area contributed by atoms with Crippen molar-refractivity contribution < 1.29 is 4.42 Å². The van der Waals surface area contributed by atoms with Crippen LogP contribution < -0.4 is 0 Å². The van der Waals surface area contributed by atoms with Crippen LogP contribution in [0.5, 0.6) is 0 Å². The van der Waals surface area contributed by atoms with Crippen LogP contribution in [0, 0.1) is 0 Å². The van der Waals surface area contributed by atoms with E-state index in [2.05, 4.69) is 151 Å². The Labute approximate surface area is 328 Å². The van der Waals surface area contributed by atoms with Gasteiger partial charge in [-0.1, -0.05) is 146 Å². The second-order valence-electron chi connectivity index (χ2n) is 14.3. The number of fused-ring (bicyclic) bond motifs is 6. The summed E-state index contributed by atoms with van der Waals surface area (Å²) in [6.07, 6.45) is 1.82. The van der Waals surface area contributed by atoms with Crippen LogP contribution >= 0.6 is 0 Å². The number of aromatic nitrogens is 4. The van der Waals surface area contributed by atoms with Crippen LogP contribution in [0.2, 0.25) is 0 Å². The number of furan rings is 1. The summed E-state index contributed by atoms with van der Waals surface area (Å²) in [5.74, 6) is 0.661. The maximum atomic E-state index is 6.53. The van der Waals surface area contributed by atoms with Crippen LogP contribution in [0.15, 0.2) is 199 Å². The molecular formula is C52H32N4O. The summed E-state index contributed by atoms with van der Waals surface area (Å²) in [4.78, 5) is 20.1. The maximum Gasteiger partial charge on any atom is 0.160 e. The molecule has 0 amide bonds. The summed E-state index contributed by atoms with van der Waals surface area (Å²) < 4.78 is 6.53. The predicted octanol–water partition coefficient (Wildman–Crippen LogP) is 13.5. The Balaban J connectivity index is 1.06. The van der Waals surface area contributed by atoms with Crippen molar-refractivity contribution in [1.82, 2.24) is 19.9 Å². The number of hydrogen-bond acceptors (Lipinski definition) is 5. The summed E-state index contributed by atoms with van der Waals surface area (Å²) in [6, 6.07) is 65.0. The molecule has 11 rings (SSSR count). The Morgan fingerprint density at radius 2 is 0.982 bits per heavy atom. The molecule has 57 heavy (non-hydrogen) atoms. The number of pyridine rings is 2. The smallest absolute Gasteiger partial charge is 0.160 e. The molecule has 0 fully saturated rings. The van der Waals surface area contributed by atoms with Crippen molar-refractivity contribution in [2.45, 2.75) is 0 Å². The summed E-state index contributed by atoms with van der Waals surface area (Å²) in [5, 5.41) is 4.34. The Hall–Kier alpha value is -7.76. The minimum Gasteiger partial charge on any atom is -0.455 e. The number of hydrogen-bond donors (Lipinski definition) is 0. The average molecular weight is 729 g/mol. The van der Waals surface area contributed by atoms with Gasteiger partial charge in [0.15, 0.2) is 5.82 Å². The number of para-hydroxylation sites is 2.